The molecule has 4 heteroatoms. The SMILES string of the molecule is Cc1ccc(-c2ccc(-c3ccc(C)s3)c(F)c2F)s1. The summed E-state index contributed by atoms with van der Waals surface area (Å²) >= 11 is 2.93. The Morgan fingerprint density at radius 3 is 1.35 bits per heavy atom. The highest BCUT2D eigenvalue weighted by atomic mass is 32.1. The number of aryl methyl sites for hydroxylation is 2. The number of thiophene rings is 2. The molecule has 0 N–H and O–H groups in total. The monoisotopic (exact) mass is 306 g/mol. The van der Waals surface area contributed by atoms with Crippen molar-refractivity contribution in [2.24, 2.45) is 0 Å². The maximum absolute atomic E-state index is 14.3. The zero-order valence-electron chi connectivity index (χ0n) is 11.0. The lowest BCUT2D eigenvalue weighted by Gasteiger charge is -2.06. The number of benzene rings is 1. The topological polar surface area (TPSA) is 0 Å². The minimum absolute atomic E-state index is 0.331. The standard InChI is InChI=1S/C16H12F2S2/c1-9-3-7-13(19-9)11-5-6-12(16(18)15(11)17)14-8-4-10(2)20-14/h3-8H,1-2H3. The van der Waals surface area contributed by atoms with Gasteiger partial charge in [-0.3, -0.25) is 0 Å². The van der Waals surface area contributed by atoms with E-state index in [2.05, 4.69) is 0 Å². The van der Waals surface area contributed by atoms with Crippen molar-refractivity contribution in [1.82, 2.24) is 0 Å². The van der Waals surface area contributed by atoms with Gasteiger partial charge in [-0.25, -0.2) is 8.78 Å². The third kappa shape index (κ3) is 2.30. The Bertz CT molecular complexity index is 703. The molecule has 0 radical (unpaired) electrons. The van der Waals surface area contributed by atoms with Crippen LogP contribution < -0.4 is 0 Å². The minimum atomic E-state index is -0.768. The Balaban J connectivity index is 2.12. The van der Waals surface area contributed by atoms with Crippen LogP contribution in [0.4, 0.5) is 8.78 Å². The summed E-state index contributed by atoms with van der Waals surface area (Å²) in [5, 5.41) is 0. The van der Waals surface area contributed by atoms with E-state index in [1.165, 1.54) is 22.7 Å². The Morgan fingerprint density at radius 1 is 0.650 bits per heavy atom. The van der Waals surface area contributed by atoms with Crippen LogP contribution in [-0.2, 0) is 0 Å². The van der Waals surface area contributed by atoms with Gasteiger partial charge in [0.05, 0.1) is 0 Å². The summed E-state index contributed by atoms with van der Waals surface area (Å²) in [7, 11) is 0. The van der Waals surface area contributed by atoms with Crippen LogP contribution in [0.5, 0.6) is 0 Å². The van der Waals surface area contributed by atoms with Gasteiger partial charge in [-0.1, -0.05) is 0 Å². The van der Waals surface area contributed by atoms with Crippen molar-refractivity contribution in [1.29, 1.82) is 0 Å². The van der Waals surface area contributed by atoms with Gasteiger partial charge in [-0.15, -0.1) is 22.7 Å². The van der Waals surface area contributed by atoms with Crippen molar-refractivity contribution >= 4 is 22.7 Å². The molecule has 0 atom stereocenters. The molecular weight excluding hydrogens is 294 g/mol. The normalized spacial score (nSPS) is 11.0. The van der Waals surface area contributed by atoms with Gasteiger partial charge in [0.2, 0.25) is 0 Å². The fourth-order valence-corrected chi connectivity index (χ4v) is 3.86. The van der Waals surface area contributed by atoms with Crippen molar-refractivity contribution in [3.63, 3.8) is 0 Å². The first-order valence-corrected chi connectivity index (χ1v) is 7.81. The van der Waals surface area contributed by atoms with E-state index in [4.69, 9.17) is 0 Å². The van der Waals surface area contributed by atoms with Crippen molar-refractivity contribution in [3.05, 3.63) is 57.8 Å². The fourth-order valence-electron chi connectivity index (χ4n) is 2.09. The third-order valence-corrected chi connectivity index (χ3v) is 5.16. The van der Waals surface area contributed by atoms with Gasteiger partial charge in [0, 0.05) is 30.6 Å². The van der Waals surface area contributed by atoms with E-state index in [-0.39, 0.29) is 0 Å². The van der Waals surface area contributed by atoms with Crippen LogP contribution in [0, 0.1) is 25.5 Å². The van der Waals surface area contributed by atoms with Crippen LogP contribution in [0.2, 0.25) is 0 Å². The molecule has 0 amide bonds. The smallest absolute Gasteiger partial charge is 0.168 e. The molecule has 0 saturated heterocycles. The summed E-state index contributed by atoms with van der Waals surface area (Å²) in [4.78, 5) is 3.68. The summed E-state index contributed by atoms with van der Waals surface area (Å²) in [6, 6.07) is 10.8. The Morgan fingerprint density at radius 2 is 1.05 bits per heavy atom. The third-order valence-electron chi connectivity index (χ3n) is 3.09. The van der Waals surface area contributed by atoms with E-state index in [0.29, 0.717) is 11.1 Å². The zero-order valence-corrected chi connectivity index (χ0v) is 12.7. The Labute approximate surface area is 124 Å². The second kappa shape index (κ2) is 5.11. The average Bonchev–Trinajstić information content (AvgIpc) is 3.02. The summed E-state index contributed by atoms with van der Waals surface area (Å²) in [6.45, 7) is 3.90. The van der Waals surface area contributed by atoms with Crippen LogP contribution in [-0.4, -0.2) is 0 Å². The molecule has 20 heavy (non-hydrogen) atoms. The first-order chi connectivity index (χ1) is 9.56. The first kappa shape index (κ1) is 13.5. The number of rotatable bonds is 2. The molecule has 0 aliphatic carbocycles. The highest BCUT2D eigenvalue weighted by Gasteiger charge is 2.17. The van der Waals surface area contributed by atoms with E-state index in [1.54, 1.807) is 12.1 Å². The maximum Gasteiger partial charge on any atom is 0.168 e. The molecule has 2 heterocycles. The average molecular weight is 306 g/mol. The maximum atomic E-state index is 14.3. The zero-order chi connectivity index (χ0) is 14.3. The lowest BCUT2D eigenvalue weighted by Crippen LogP contribution is -1.91. The van der Waals surface area contributed by atoms with Gasteiger partial charge in [0.15, 0.2) is 11.6 Å². The van der Waals surface area contributed by atoms with Gasteiger partial charge < -0.3 is 0 Å². The number of hydrogen-bond donors (Lipinski definition) is 0. The first-order valence-electron chi connectivity index (χ1n) is 6.18. The highest BCUT2D eigenvalue weighted by molar-refractivity contribution is 7.15. The van der Waals surface area contributed by atoms with Gasteiger partial charge in [0.25, 0.3) is 0 Å². The largest absolute Gasteiger partial charge is 0.203 e. The molecule has 0 aliphatic heterocycles. The number of halogens is 2. The molecule has 0 fully saturated rings. The molecule has 2 aromatic heterocycles. The van der Waals surface area contributed by atoms with E-state index in [9.17, 15) is 8.78 Å². The molecule has 3 aromatic rings. The van der Waals surface area contributed by atoms with Crippen molar-refractivity contribution in [2.75, 3.05) is 0 Å². The summed E-state index contributed by atoms with van der Waals surface area (Å²) in [6.07, 6.45) is 0. The Kier molecular flexibility index (Phi) is 3.44. The highest BCUT2D eigenvalue weighted by Crippen LogP contribution is 2.36. The summed E-state index contributed by atoms with van der Waals surface area (Å²) < 4.78 is 28.6. The molecule has 3 rings (SSSR count). The number of hydrogen-bond acceptors (Lipinski definition) is 2. The van der Waals surface area contributed by atoms with Crippen molar-refractivity contribution < 1.29 is 8.78 Å². The van der Waals surface area contributed by atoms with E-state index in [1.807, 2.05) is 38.1 Å². The quantitative estimate of drug-likeness (QED) is 0.541. The van der Waals surface area contributed by atoms with Crippen LogP contribution in [0.25, 0.3) is 20.9 Å². The van der Waals surface area contributed by atoms with Gasteiger partial charge in [0.1, 0.15) is 0 Å². The minimum Gasteiger partial charge on any atom is -0.203 e. The van der Waals surface area contributed by atoms with Crippen molar-refractivity contribution in [3.8, 4) is 20.9 Å². The van der Waals surface area contributed by atoms with Crippen molar-refractivity contribution in [2.45, 2.75) is 13.8 Å². The van der Waals surface area contributed by atoms with E-state index in [0.717, 1.165) is 19.5 Å². The van der Waals surface area contributed by atoms with E-state index < -0.39 is 11.6 Å². The van der Waals surface area contributed by atoms with Gasteiger partial charge >= 0.3 is 0 Å². The fraction of sp³-hybridized carbons (Fsp3) is 0.125. The molecule has 0 aliphatic rings. The Hall–Kier alpha value is -1.52. The van der Waals surface area contributed by atoms with Crippen LogP contribution in [0.15, 0.2) is 36.4 Å². The molecule has 0 nitrogen and oxygen atoms in total. The molecule has 102 valence electrons. The summed E-state index contributed by atoms with van der Waals surface area (Å²) in [5.41, 5.74) is 0.662. The van der Waals surface area contributed by atoms with Crippen LogP contribution >= 0.6 is 22.7 Å². The van der Waals surface area contributed by atoms with Gasteiger partial charge in [-0.05, 0) is 50.2 Å². The lowest BCUT2D eigenvalue weighted by atomic mass is 10.1. The molecule has 0 saturated carbocycles. The van der Waals surface area contributed by atoms with Gasteiger partial charge in [-0.2, -0.15) is 0 Å². The molecule has 0 spiro atoms. The second-order valence-electron chi connectivity index (χ2n) is 4.61. The molecule has 0 bridgehead atoms. The molecule has 1 aromatic carbocycles. The van der Waals surface area contributed by atoms with Crippen LogP contribution in [0.3, 0.4) is 0 Å². The van der Waals surface area contributed by atoms with E-state index >= 15 is 0 Å². The predicted octanol–water partition coefficient (Wildman–Crippen LogP) is 6.04. The lowest BCUT2D eigenvalue weighted by molar-refractivity contribution is 0.514. The summed E-state index contributed by atoms with van der Waals surface area (Å²) in [5.74, 6) is -1.54. The second-order valence-corrected chi connectivity index (χ2v) is 7.19. The predicted molar refractivity (Wildman–Crippen MR) is 82.5 cm³/mol. The molecule has 0 unspecified atom stereocenters. The van der Waals surface area contributed by atoms with Crippen LogP contribution in [0.1, 0.15) is 9.75 Å². The molecular formula is C16H12F2S2.